The molecule has 1 N–H and O–H groups in total. The molecule has 0 radical (unpaired) electrons. The second-order valence-corrected chi connectivity index (χ2v) is 7.48. The molecule has 0 aliphatic carbocycles. The first kappa shape index (κ1) is 12.7. The van der Waals surface area contributed by atoms with E-state index in [9.17, 15) is 13.5 Å². The second kappa shape index (κ2) is 4.35. The van der Waals surface area contributed by atoms with Crippen molar-refractivity contribution in [3.8, 4) is 0 Å². The first-order valence-electron chi connectivity index (χ1n) is 6.34. The molecular weight excluding hydrogens is 264 g/mol. The topological polar surface area (TPSA) is 67.5 Å². The summed E-state index contributed by atoms with van der Waals surface area (Å²) in [4.78, 5) is 0. The molecule has 19 heavy (non-hydrogen) atoms. The van der Waals surface area contributed by atoms with Gasteiger partial charge >= 0.3 is 0 Å². The molecule has 0 spiro atoms. The molecule has 1 aliphatic rings. The minimum Gasteiger partial charge on any atom is -0.458 e. The number of aliphatic hydroxyl groups is 1. The van der Waals surface area contributed by atoms with Crippen LogP contribution in [0, 0.1) is 12.8 Å². The van der Waals surface area contributed by atoms with Crippen LogP contribution in [-0.2, 0) is 9.84 Å². The third-order valence-corrected chi connectivity index (χ3v) is 5.56. The van der Waals surface area contributed by atoms with Crippen molar-refractivity contribution in [2.24, 2.45) is 5.92 Å². The Morgan fingerprint density at radius 2 is 2.21 bits per heavy atom. The Morgan fingerprint density at radius 3 is 2.84 bits per heavy atom. The lowest BCUT2D eigenvalue weighted by Gasteiger charge is -2.13. The van der Waals surface area contributed by atoms with Crippen LogP contribution in [0.15, 0.2) is 28.7 Å². The lowest BCUT2D eigenvalue weighted by Crippen LogP contribution is -2.13. The molecule has 1 aromatic heterocycles. The van der Waals surface area contributed by atoms with Gasteiger partial charge in [0, 0.05) is 11.3 Å². The van der Waals surface area contributed by atoms with Gasteiger partial charge in [-0.25, -0.2) is 8.42 Å². The number of fused-ring (bicyclic) bond motifs is 1. The van der Waals surface area contributed by atoms with Crippen LogP contribution in [0.3, 0.4) is 0 Å². The molecule has 0 amide bonds. The molecule has 2 atom stereocenters. The summed E-state index contributed by atoms with van der Waals surface area (Å²) in [5.41, 5.74) is 1.77. The fourth-order valence-corrected chi connectivity index (χ4v) is 4.51. The molecule has 3 rings (SSSR count). The lowest BCUT2D eigenvalue weighted by atomic mass is 10.00. The predicted octanol–water partition coefficient (Wildman–Crippen LogP) is 2.21. The van der Waals surface area contributed by atoms with Crippen LogP contribution in [0.1, 0.15) is 23.8 Å². The summed E-state index contributed by atoms with van der Waals surface area (Å²) in [5.74, 6) is 0.412. The zero-order valence-corrected chi connectivity index (χ0v) is 11.5. The number of para-hydroxylation sites is 1. The predicted molar refractivity (Wildman–Crippen MR) is 72.7 cm³/mol. The SMILES string of the molecule is Cc1cccc2cc(C(O)C3CCS(=O)(=O)C3)oc12. The summed E-state index contributed by atoms with van der Waals surface area (Å²) in [5, 5.41) is 11.2. The molecule has 1 saturated heterocycles. The van der Waals surface area contributed by atoms with Crippen molar-refractivity contribution in [1.82, 2.24) is 0 Å². The van der Waals surface area contributed by atoms with Gasteiger partial charge in [-0.1, -0.05) is 18.2 Å². The van der Waals surface area contributed by atoms with E-state index in [-0.39, 0.29) is 17.4 Å². The van der Waals surface area contributed by atoms with Gasteiger partial charge in [-0.3, -0.25) is 0 Å². The molecule has 0 saturated carbocycles. The van der Waals surface area contributed by atoms with Crippen molar-refractivity contribution in [1.29, 1.82) is 0 Å². The molecule has 102 valence electrons. The molecule has 5 heteroatoms. The van der Waals surface area contributed by atoms with E-state index in [1.54, 1.807) is 6.07 Å². The van der Waals surface area contributed by atoms with E-state index >= 15 is 0 Å². The fourth-order valence-electron chi connectivity index (χ4n) is 2.68. The number of benzene rings is 1. The van der Waals surface area contributed by atoms with Crippen molar-refractivity contribution < 1.29 is 17.9 Å². The van der Waals surface area contributed by atoms with E-state index in [0.717, 1.165) is 16.5 Å². The Kier molecular flexibility index (Phi) is 2.91. The van der Waals surface area contributed by atoms with E-state index in [1.165, 1.54) is 0 Å². The third-order valence-electron chi connectivity index (χ3n) is 3.77. The van der Waals surface area contributed by atoms with E-state index < -0.39 is 15.9 Å². The van der Waals surface area contributed by atoms with Crippen molar-refractivity contribution in [2.45, 2.75) is 19.4 Å². The highest BCUT2D eigenvalue weighted by molar-refractivity contribution is 7.91. The minimum absolute atomic E-state index is 0.0458. The summed E-state index contributed by atoms with van der Waals surface area (Å²) < 4.78 is 28.6. The zero-order chi connectivity index (χ0) is 13.6. The quantitative estimate of drug-likeness (QED) is 0.915. The van der Waals surface area contributed by atoms with Gasteiger partial charge in [-0.2, -0.15) is 0 Å². The first-order chi connectivity index (χ1) is 8.96. The third kappa shape index (κ3) is 2.28. The molecule has 2 heterocycles. The second-order valence-electron chi connectivity index (χ2n) is 5.25. The van der Waals surface area contributed by atoms with E-state index in [2.05, 4.69) is 0 Å². The standard InChI is InChI=1S/C14H16O4S/c1-9-3-2-4-10-7-12(18-14(9)10)13(15)11-5-6-19(16,17)8-11/h2-4,7,11,13,15H,5-6,8H2,1H3. The van der Waals surface area contributed by atoms with Gasteiger partial charge < -0.3 is 9.52 Å². The average Bonchev–Trinajstić information content (AvgIpc) is 2.92. The summed E-state index contributed by atoms with van der Waals surface area (Å²) in [6.45, 7) is 1.95. The first-order valence-corrected chi connectivity index (χ1v) is 8.16. The summed E-state index contributed by atoms with van der Waals surface area (Å²) in [6, 6.07) is 7.61. The number of hydrogen-bond donors (Lipinski definition) is 1. The van der Waals surface area contributed by atoms with E-state index in [0.29, 0.717) is 12.2 Å². The van der Waals surface area contributed by atoms with Crippen LogP contribution >= 0.6 is 0 Å². The van der Waals surface area contributed by atoms with Crippen LogP contribution in [0.5, 0.6) is 0 Å². The van der Waals surface area contributed by atoms with Crippen LogP contribution in [0.4, 0.5) is 0 Å². The molecular formula is C14H16O4S. The molecule has 2 unspecified atom stereocenters. The average molecular weight is 280 g/mol. The number of furan rings is 1. The van der Waals surface area contributed by atoms with Crippen molar-refractivity contribution >= 4 is 20.8 Å². The Bertz CT molecular complexity index is 714. The Balaban J connectivity index is 1.94. The van der Waals surface area contributed by atoms with E-state index in [4.69, 9.17) is 4.42 Å². The normalized spacial score (nSPS) is 23.8. The molecule has 2 aromatic rings. The number of hydrogen-bond acceptors (Lipinski definition) is 4. The van der Waals surface area contributed by atoms with Crippen molar-refractivity contribution in [3.05, 3.63) is 35.6 Å². The smallest absolute Gasteiger partial charge is 0.150 e. The largest absolute Gasteiger partial charge is 0.458 e. The van der Waals surface area contributed by atoms with Gasteiger partial charge in [0.1, 0.15) is 17.4 Å². The highest BCUT2D eigenvalue weighted by Crippen LogP contribution is 2.34. The highest BCUT2D eigenvalue weighted by Gasteiger charge is 2.35. The Morgan fingerprint density at radius 1 is 1.42 bits per heavy atom. The fraction of sp³-hybridized carbons (Fsp3) is 0.429. The lowest BCUT2D eigenvalue weighted by molar-refractivity contribution is 0.0991. The van der Waals surface area contributed by atoms with Crippen molar-refractivity contribution in [2.75, 3.05) is 11.5 Å². The van der Waals surface area contributed by atoms with Gasteiger partial charge in [0.15, 0.2) is 9.84 Å². The number of sulfone groups is 1. The summed E-state index contributed by atoms with van der Waals surface area (Å²) in [7, 11) is -2.99. The molecule has 1 aliphatic heterocycles. The van der Waals surface area contributed by atoms with Gasteiger partial charge in [-0.15, -0.1) is 0 Å². The number of rotatable bonds is 2. The summed E-state index contributed by atoms with van der Waals surface area (Å²) in [6.07, 6.45) is -0.344. The number of aryl methyl sites for hydroxylation is 1. The molecule has 1 fully saturated rings. The van der Waals surface area contributed by atoms with Crippen molar-refractivity contribution in [3.63, 3.8) is 0 Å². The molecule has 4 nitrogen and oxygen atoms in total. The van der Waals surface area contributed by atoms with Gasteiger partial charge in [0.05, 0.1) is 11.5 Å². The zero-order valence-electron chi connectivity index (χ0n) is 10.7. The maximum absolute atomic E-state index is 11.5. The number of aliphatic hydroxyl groups excluding tert-OH is 1. The van der Waals surface area contributed by atoms with Crippen LogP contribution in [0.2, 0.25) is 0 Å². The maximum atomic E-state index is 11.5. The maximum Gasteiger partial charge on any atom is 0.150 e. The van der Waals surface area contributed by atoms with Gasteiger partial charge in [0.25, 0.3) is 0 Å². The monoisotopic (exact) mass is 280 g/mol. The molecule has 0 bridgehead atoms. The van der Waals surface area contributed by atoms with E-state index in [1.807, 2.05) is 25.1 Å². The van der Waals surface area contributed by atoms with Crippen LogP contribution in [0.25, 0.3) is 11.0 Å². The van der Waals surface area contributed by atoms with Crippen LogP contribution < -0.4 is 0 Å². The van der Waals surface area contributed by atoms with Gasteiger partial charge in [-0.05, 0) is 25.0 Å². The summed E-state index contributed by atoms with van der Waals surface area (Å²) >= 11 is 0. The Labute approximate surface area is 112 Å². The highest BCUT2D eigenvalue weighted by atomic mass is 32.2. The minimum atomic E-state index is -2.99. The molecule has 1 aromatic carbocycles. The van der Waals surface area contributed by atoms with Crippen LogP contribution in [-0.4, -0.2) is 25.0 Å². The van der Waals surface area contributed by atoms with Gasteiger partial charge in [0.2, 0.25) is 0 Å². The Hall–Kier alpha value is -1.33.